The van der Waals surface area contributed by atoms with Crippen LogP contribution in [0.4, 0.5) is 4.39 Å². The quantitative estimate of drug-likeness (QED) is 0.348. The minimum atomic E-state index is -1.91. The Labute approximate surface area is 218 Å². The second kappa shape index (κ2) is 8.59. The van der Waals surface area contributed by atoms with E-state index in [0.29, 0.717) is 41.9 Å². The molecule has 0 bridgehead atoms. The second-order valence-electron chi connectivity index (χ2n) is 10.3. The fraction of sp³-hybridized carbons (Fsp3) is 0.444. The maximum Gasteiger partial charge on any atom is 0.343 e. The molecule has 2 atom stereocenters. The molecular weight excluding hydrogens is 501 g/mol. The Morgan fingerprint density at radius 3 is 2.70 bits per heavy atom. The van der Waals surface area contributed by atoms with E-state index in [4.69, 9.17) is 9.72 Å². The lowest BCUT2D eigenvalue weighted by Crippen LogP contribution is -2.44. The first-order valence-electron chi connectivity index (χ1n) is 12.3. The molecule has 3 N–H and O–H groups in total. The lowest BCUT2D eigenvalue weighted by molar-refractivity contribution is -0.172. The highest BCUT2D eigenvalue weighted by Crippen LogP contribution is 2.47. The van der Waals surface area contributed by atoms with Crippen molar-refractivity contribution < 1.29 is 24.1 Å². The number of cyclic esters (lactones) is 1. The van der Waals surface area contributed by atoms with Gasteiger partial charge in [0.25, 0.3) is 5.56 Å². The number of halogens is 2. The molecule has 3 aliphatic rings. The molecule has 0 unspecified atom stereocenters. The van der Waals surface area contributed by atoms with Gasteiger partial charge in [0.1, 0.15) is 12.4 Å². The number of rotatable bonds is 4. The summed E-state index contributed by atoms with van der Waals surface area (Å²) in [6, 6.07) is 3.11. The lowest BCUT2D eigenvalue weighted by atomic mass is 9.74. The molecule has 8 nitrogen and oxygen atoms in total. The normalized spacial score (nSPS) is 23.2. The van der Waals surface area contributed by atoms with Gasteiger partial charge in [0, 0.05) is 34.7 Å². The minimum absolute atomic E-state index is 0. The molecule has 1 aliphatic carbocycles. The smallest absolute Gasteiger partial charge is 0.343 e. The molecule has 3 aromatic rings. The first-order chi connectivity index (χ1) is 17.1. The monoisotopic (exact) mass is 529 g/mol. The second-order valence-corrected chi connectivity index (χ2v) is 10.3. The molecule has 2 aliphatic heterocycles. The van der Waals surface area contributed by atoms with E-state index >= 15 is 0 Å². The van der Waals surface area contributed by atoms with Gasteiger partial charge >= 0.3 is 5.97 Å². The van der Waals surface area contributed by atoms with Crippen molar-refractivity contribution in [2.24, 2.45) is 0 Å². The molecule has 4 heterocycles. The Hall–Kier alpha value is -2.85. The van der Waals surface area contributed by atoms with E-state index in [1.54, 1.807) is 24.5 Å². The summed E-state index contributed by atoms with van der Waals surface area (Å²) in [4.78, 5) is 31.0. The van der Waals surface area contributed by atoms with E-state index in [1.165, 1.54) is 6.07 Å². The molecule has 196 valence electrons. The number of nitrogens with one attached hydrogen (secondary N) is 1. The van der Waals surface area contributed by atoms with Crippen molar-refractivity contribution in [2.45, 2.75) is 64.3 Å². The molecule has 0 fully saturated rings. The van der Waals surface area contributed by atoms with Crippen molar-refractivity contribution in [2.75, 3.05) is 13.2 Å². The van der Waals surface area contributed by atoms with Gasteiger partial charge in [0.05, 0.1) is 35.6 Å². The van der Waals surface area contributed by atoms with Gasteiger partial charge in [-0.2, -0.15) is 0 Å². The third kappa shape index (κ3) is 3.34. The Kier molecular flexibility index (Phi) is 5.99. The van der Waals surface area contributed by atoms with E-state index < -0.39 is 17.1 Å². The zero-order chi connectivity index (χ0) is 25.6. The van der Waals surface area contributed by atoms with Crippen LogP contribution >= 0.6 is 12.4 Å². The van der Waals surface area contributed by atoms with Gasteiger partial charge in [-0.1, -0.05) is 6.92 Å². The average molecular weight is 530 g/mol. The average Bonchev–Trinajstić information content (AvgIpc) is 3.23. The number of pyridine rings is 2. The number of ether oxygens (including phenoxy) is 1. The summed E-state index contributed by atoms with van der Waals surface area (Å²) in [7, 11) is 0. The molecule has 0 saturated heterocycles. The van der Waals surface area contributed by atoms with Crippen LogP contribution in [0.15, 0.2) is 16.9 Å². The number of aliphatic hydroxyl groups excluding tert-OH is 1. The SMILES string of the molecule is CC[C@@]1(O)C(=O)OCc2c1cc1n(c2=O)Cc2c-1nc1cc(F)c(C)c3c1c2[C@@](C)(NCCO)CC3.Cl. The number of esters is 1. The highest BCUT2D eigenvalue weighted by molar-refractivity contribution is 5.93. The van der Waals surface area contributed by atoms with Crippen LogP contribution in [-0.2, 0) is 40.2 Å². The maximum atomic E-state index is 14.9. The van der Waals surface area contributed by atoms with Crippen LogP contribution in [0.5, 0.6) is 0 Å². The maximum absolute atomic E-state index is 14.9. The molecule has 0 spiro atoms. The predicted molar refractivity (Wildman–Crippen MR) is 137 cm³/mol. The predicted octanol–water partition coefficient (Wildman–Crippen LogP) is 2.69. The van der Waals surface area contributed by atoms with Crippen LogP contribution in [0.1, 0.15) is 60.1 Å². The molecule has 2 aromatic heterocycles. The standard InChI is InChI=1S/C27H28FN3O5.ClH/c1-4-27(35)17-9-20-23-15(11-31(20)24(33)16(17)12-36-25(27)34)22-21-14(5-6-26(22,3)29-7-8-32)13(2)18(28)10-19(21)30-23;/h9-10,29,32,35H,4-8,11-12H2,1-3H3;1H/t26-,27-;/m0./s1. The van der Waals surface area contributed by atoms with E-state index in [-0.39, 0.29) is 61.1 Å². The Morgan fingerprint density at radius 2 is 2.00 bits per heavy atom. The van der Waals surface area contributed by atoms with Crippen LogP contribution in [0, 0.1) is 12.7 Å². The topological polar surface area (TPSA) is 114 Å². The van der Waals surface area contributed by atoms with Crippen LogP contribution < -0.4 is 10.9 Å². The Morgan fingerprint density at radius 1 is 1.24 bits per heavy atom. The molecular formula is C27H29ClFN3O5. The van der Waals surface area contributed by atoms with E-state index in [1.807, 2.05) is 0 Å². The van der Waals surface area contributed by atoms with Crippen molar-refractivity contribution in [3.8, 4) is 11.4 Å². The first-order valence-corrected chi connectivity index (χ1v) is 12.3. The molecule has 10 heteroatoms. The number of nitrogens with zero attached hydrogens (tertiary/aromatic N) is 2. The summed E-state index contributed by atoms with van der Waals surface area (Å²) in [5.74, 6) is -1.10. The van der Waals surface area contributed by atoms with Crippen LogP contribution in [0.25, 0.3) is 22.3 Å². The van der Waals surface area contributed by atoms with Crippen LogP contribution in [0.3, 0.4) is 0 Å². The zero-order valence-corrected chi connectivity index (χ0v) is 21.7. The molecule has 37 heavy (non-hydrogen) atoms. The third-order valence-corrected chi connectivity index (χ3v) is 8.36. The van der Waals surface area contributed by atoms with Gasteiger partial charge in [-0.15, -0.1) is 12.4 Å². The summed E-state index contributed by atoms with van der Waals surface area (Å²) < 4.78 is 21.7. The summed E-state index contributed by atoms with van der Waals surface area (Å²) in [6.45, 7) is 5.93. The van der Waals surface area contributed by atoms with Crippen molar-refractivity contribution >= 4 is 29.3 Å². The largest absolute Gasteiger partial charge is 0.458 e. The number of aliphatic hydroxyl groups is 2. The number of benzene rings is 1. The van der Waals surface area contributed by atoms with Crippen molar-refractivity contribution in [1.82, 2.24) is 14.9 Å². The summed E-state index contributed by atoms with van der Waals surface area (Å²) >= 11 is 0. The van der Waals surface area contributed by atoms with E-state index in [2.05, 4.69) is 12.2 Å². The first kappa shape index (κ1) is 25.8. The molecule has 0 amide bonds. The molecule has 0 saturated carbocycles. The van der Waals surface area contributed by atoms with Gasteiger partial charge in [-0.3, -0.25) is 4.79 Å². The number of hydrogen-bond acceptors (Lipinski definition) is 7. The molecule has 6 rings (SSSR count). The highest BCUT2D eigenvalue weighted by Gasteiger charge is 2.46. The van der Waals surface area contributed by atoms with Crippen LogP contribution in [-0.4, -0.2) is 38.9 Å². The fourth-order valence-corrected chi connectivity index (χ4v) is 6.32. The number of aromatic nitrogens is 2. The van der Waals surface area contributed by atoms with Crippen molar-refractivity contribution in [1.29, 1.82) is 0 Å². The Balaban J connectivity index is 0.00000280. The third-order valence-electron chi connectivity index (χ3n) is 8.36. The highest BCUT2D eigenvalue weighted by atomic mass is 35.5. The number of carbonyl (C=O) groups is 1. The number of fused-ring (bicyclic) bond motifs is 5. The van der Waals surface area contributed by atoms with Crippen molar-refractivity contribution in [3.63, 3.8) is 0 Å². The summed E-state index contributed by atoms with van der Waals surface area (Å²) in [6.07, 6.45) is 1.41. The van der Waals surface area contributed by atoms with Gasteiger partial charge in [-0.25, -0.2) is 14.2 Å². The van der Waals surface area contributed by atoms with E-state index in [0.717, 1.165) is 22.1 Å². The molecule has 0 radical (unpaired) electrons. The van der Waals surface area contributed by atoms with Gasteiger partial charge in [-0.05, 0) is 55.9 Å². The summed E-state index contributed by atoms with van der Waals surface area (Å²) in [5, 5.41) is 25.0. The summed E-state index contributed by atoms with van der Waals surface area (Å²) in [5.41, 5.74) is 2.60. The number of carbonyl (C=O) groups excluding carboxylic acids is 1. The lowest BCUT2D eigenvalue weighted by Gasteiger charge is -2.38. The molecule has 1 aromatic carbocycles. The minimum Gasteiger partial charge on any atom is -0.458 e. The number of hydrogen-bond donors (Lipinski definition) is 3. The fourth-order valence-electron chi connectivity index (χ4n) is 6.32. The van der Waals surface area contributed by atoms with Gasteiger partial charge < -0.3 is 24.8 Å². The van der Waals surface area contributed by atoms with Gasteiger partial charge in [0.2, 0.25) is 0 Å². The number of aryl methyl sites for hydroxylation is 1. The zero-order valence-electron chi connectivity index (χ0n) is 20.9. The van der Waals surface area contributed by atoms with Crippen molar-refractivity contribution in [3.05, 3.63) is 61.7 Å². The Bertz CT molecular complexity index is 1550. The van der Waals surface area contributed by atoms with Gasteiger partial charge in [0.15, 0.2) is 5.60 Å². The van der Waals surface area contributed by atoms with E-state index in [9.17, 15) is 24.2 Å². The van der Waals surface area contributed by atoms with Crippen LogP contribution in [0.2, 0.25) is 0 Å².